The van der Waals surface area contributed by atoms with Gasteiger partial charge in [0.1, 0.15) is 18.1 Å². The first kappa shape index (κ1) is 32.6. The summed E-state index contributed by atoms with van der Waals surface area (Å²) < 4.78 is 49.7. The van der Waals surface area contributed by atoms with E-state index in [2.05, 4.69) is 10.6 Å². The van der Waals surface area contributed by atoms with Crippen LogP contribution in [0.5, 0.6) is 5.75 Å². The van der Waals surface area contributed by atoms with Crippen LogP contribution in [-0.2, 0) is 19.2 Å². The Morgan fingerprint density at radius 2 is 1.69 bits per heavy atom. The lowest BCUT2D eigenvalue weighted by molar-refractivity contribution is -0.138. The fourth-order valence-electron chi connectivity index (χ4n) is 5.84. The van der Waals surface area contributed by atoms with Crippen LogP contribution in [0.3, 0.4) is 0 Å². The maximum Gasteiger partial charge on any atom is 0.418 e. The van der Waals surface area contributed by atoms with Gasteiger partial charge in [-0.15, -0.1) is 0 Å². The summed E-state index contributed by atoms with van der Waals surface area (Å²) in [5.74, 6) is 0.673. The van der Waals surface area contributed by atoms with Crippen molar-refractivity contribution in [1.82, 2.24) is 9.88 Å². The van der Waals surface area contributed by atoms with Crippen LogP contribution in [0, 0.1) is 17.2 Å². The van der Waals surface area contributed by atoms with Crippen LogP contribution in [0.1, 0.15) is 69.8 Å². The second-order valence-electron chi connectivity index (χ2n) is 11.9. The number of ether oxygens (including phenoxy) is 1. The lowest BCUT2D eigenvalue weighted by Crippen LogP contribution is -2.25. The van der Waals surface area contributed by atoms with Crippen molar-refractivity contribution >= 4 is 11.6 Å². The van der Waals surface area contributed by atoms with E-state index < -0.39 is 17.6 Å². The Kier molecular flexibility index (Phi) is 9.65. The molecule has 48 heavy (non-hydrogen) atoms. The molecule has 244 valence electrons. The molecular formula is C39H35F3N4O2. The van der Waals surface area contributed by atoms with Crippen molar-refractivity contribution < 1.29 is 22.7 Å². The second-order valence-corrected chi connectivity index (χ2v) is 11.9. The van der Waals surface area contributed by atoms with Crippen molar-refractivity contribution in [2.24, 2.45) is 5.92 Å². The number of halogens is 3. The molecule has 0 spiro atoms. The minimum Gasteiger partial charge on any atom is -0.489 e. The van der Waals surface area contributed by atoms with E-state index in [1.54, 1.807) is 31.2 Å². The summed E-state index contributed by atoms with van der Waals surface area (Å²) in [5, 5.41) is 15.9. The average Bonchev–Trinajstić information content (AvgIpc) is 3.84. The lowest BCUT2D eigenvalue weighted by Gasteiger charge is -2.21. The standard InChI is InChI=1S/C39H35F3N4O2/c1-2-35-34(39(40,41)42)22-36(46(35)32-13-6-10-28(20-32)23-43)38(47)45-31-12-7-11-30(21-31)37(44-24-26-14-15-26)29-16-18-33(19-17-29)48-25-27-8-4-3-5-9-27/h3-13,16-22,26,37,44H,2,14-15,24-25H2,1H3,(H,45,47). The molecule has 6 rings (SSSR count). The van der Waals surface area contributed by atoms with Crippen molar-refractivity contribution in [2.45, 2.75) is 45.0 Å². The van der Waals surface area contributed by atoms with E-state index in [0.29, 0.717) is 23.9 Å². The summed E-state index contributed by atoms with van der Waals surface area (Å²) in [6.45, 7) is 2.91. The monoisotopic (exact) mass is 648 g/mol. The molecule has 5 aromatic rings. The molecule has 0 radical (unpaired) electrons. The topological polar surface area (TPSA) is 79.1 Å². The van der Waals surface area contributed by atoms with Crippen molar-refractivity contribution in [1.29, 1.82) is 5.26 Å². The number of nitriles is 1. The van der Waals surface area contributed by atoms with E-state index in [1.165, 1.54) is 23.5 Å². The van der Waals surface area contributed by atoms with Gasteiger partial charge < -0.3 is 19.9 Å². The molecule has 1 aliphatic rings. The van der Waals surface area contributed by atoms with Gasteiger partial charge in [-0.05, 0) is 96.9 Å². The molecule has 1 amide bonds. The summed E-state index contributed by atoms with van der Waals surface area (Å²) >= 11 is 0. The molecule has 0 bridgehead atoms. The van der Waals surface area contributed by atoms with E-state index in [1.807, 2.05) is 78.9 Å². The van der Waals surface area contributed by atoms with Gasteiger partial charge in [-0.25, -0.2) is 0 Å². The normalized spacial score (nSPS) is 13.5. The first-order valence-electron chi connectivity index (χ1n) is 16.0. The fourth-order valence-corrected chi connectivity index (χ4v) is 5.84. The predicted molar refractivity (Wildman–Crippen MR) is 179 cm³/mol. The zero-order valence-corrected chi connectivity index (χ0v) is 26.4. The fraction of sp³-hybridized carbons (Fsp3) is 0.231. The third kappa shape index (κ3) is 7.62. The summed E-state index contributed by atoms with van der Waals surface area (Å²) in [5.41, 5.74) is 2.90. The maximum absolute atomic E-state index is 14.2. The van der Waals surface area contributed by atoms with E-state index in [-0.39, 0.29) is 29.4 Å². The summed E-state index contributed by atoms with van der Waals surface area (Å²) in [4.78, 5) is 13.8. The van der Waals surface area contributed by atoms with Crippen LogP contribution in [-0.4, -0.2) is 17.0 Å². The molecule has 2 N–H and O–H groups in total. The maximum atomic E-state index is 14.2. The summed E-state index contributed by atoms with van der Waals surface area (Å²) in [7, 11) is 0. The number of nitrogens with one attached hydrogen (secondary N) is 2. The molecule has 1 heterocycles. The molecule has 1 aromatic heterocycles. The van der Waals surface area contributed by atoms with E-state index >= 15 is 0 Å². The minimum absolute atomic E-state index is 0.0266. The smallest absolute Gasteiger partial charge is 0.418 e. The molecule has 1 aliphatic carbocycles. The third-order valence-corrected chi connectivity index (χ3v) is 8.46. The Hall–Kier alpha value is -5.33. The van der Waals surface area contributed by atoms with Gasteiger partial charge in [0, 0.05) is 17.1 Å². The molecule has 0 aliphatic heterocycles. The van der Waals surface area contributed by atoms with Crippen molar-refractivity contribution in [2.75, 3.05) is 11.9 Å². The van der Waals surface area contributed by atoms with Crippen molar-refractivity contribution in [3.63, 3.8) is 0 Å². The molecule has 1 saturated carbocycles. The van der Waals surface area contributed by atoms with E-state index in [9.17, 15) is 23.2 Å². The third-order valence-electron chi connectivity index (χ3n) is 8.46. The first-order valence-corrected chi connectivity index (χ1v) is 16.0. The number of rotatable bonds is 12. The van der Waals surface area contributed by atoms with E-state index in [4.69, 9.17) is 4.74 Å². The number of carbonyl (C=O) groups is 1. The highest BCUT2D eigenvalue weighted by Crippen LogP contribution is 2.37. The zero-order valence-electron chi connectivity index (χ0n) is 26.4. The van der Waals surface area contributed by atoms with Gasteiger partial charge in [0.25, 0.3) is 5.91 Å². The van der Waals surface area contributed by atoms with Crippen LogP contribution >= 0.6 is 0 Å². The highest BCUT2D eigenvalue weighted by molar-refractivity contribution is 6.04. The number of anilines is 1. The number of benzene rings is 4. The summed E-state index contributed by atoms with van der Waals surface area (Å²) in [6, 6.07) is 34.1. The SMILES string of the molecule is CCc1c(C(F)(F)F)cc(C(=O)Nc2cccc(C(NCC3CC3)c3ccc(OCc4ccccc4)cc3)c2)n1-c1cccc(C#N)c1. The number of alkyl halides is 3. The Balaban J connectivity index is 1.27. The van der Waals surface area contributed by atoms with Gasteiger partial charge in [0.05, 0.1) is 23.2 Å². The van der Waals surface area contributed by atoms with Crippen LogP contribution in [0.2, 0.25) is 0 Å². The number of hydrogen-bond acceptors (Lipinski definition) is 4. The highest BCUT2D eigenvalue weighted by atomic mass is 19.4. The molecule has 6 nitrogen and oxygen atoms in total. The van der Waals surface area contributed by atoms with Gasteiger partial charge in [0.2, 0.25) is 0 Å². The van der Waals surface area contributed by atoms with Gasteiger partial charge in [-0.3, -0.25) is 4.79 Å². The summed E-state index contributed by atoms with van der Waals surface area (Å²) in [6.07, 6.45) is -2.28. The Labute approximate surface area is 277 Å². The zero-order chi connectivity index (χ0) is 33.7. The molecular weight excluding hydrogens is 613 g/mol. The van der Waals surface area contributed by atoms with Crippen molar-refractivity contribution in [3.8, 4) is 17.5 Å². The number of hydrogen-bond donors (Lipinski definition) is 2. The number of carbonyl (C=O) groups excluding carboxylic acids is 1. The quantitative estimate of drug-likeness (QED) is 0.142. The van der Waals surface area contributed by atoms with Gasteiger partial charge in [-0.1, -0.05) is 67.6 Å². The largest absolute Gasteiger partial charge is 0.489 e. The van der Waals surface area contributed by atoms with Gasteiger partial charge in [0.15, 0.2) is 0 Å². The van der Waals surface area contributed by atoms with Crippen LogP contribution in [0.4, 0.5) is 18.9 Å². The Morgan fingerprint density at radius 1 is 0.938 bits per heavy atom. The minimum atomic E-state index is -4.67. The number of nitrogens with zero attached hydrogens (tertiary/aromatic N) is 2. The highest BCUT2D eigenvalue weighted by Gasteiger charge is 2.37. The predicted octanol–water partition coefficient (Wildman–Crippen LogP) is 8.85. The molecule has 1 atom stereocenters. The van der Waals surface area contributed by atoms with Crippen LogP contribution in [0.15, 0.2) is 109 Å². The molecule has 1 fully saturated rings. The number of aromatic nitrogens is 1. The molecule has 4 aromatic carbocycles. The van der Waals surface area contributed by atoms with Gasteiger partial charge in [-0.2, -0.15) is 18.4 Å². The number of amides is 1. The lowest BCUT2D eigenvalue weighted by atomic mass is 9.97. The Morgan fingerprint density at radius 3 is 2.38 bits per heavy atom. The van der Waals surface area contributed by atoms with E-state index in [0.717, 1.165) is 35.1 Å². The second kappa shape index (κ2) is 14.2. The Bertz CT molecular complexity index is 1920. The van der Waals surface area contributed by atoms with Crippen LogP contribution < -0.4 is 15.4 Å². The van der Waals surface area contributed by atoms with Crippen molar-refractivity contribution in [3.05, 3.63) is 148 Å². The first-order chi connectivity index (χ1) is 23.2. The average molecular weight is 649 g/mol. The van der Waals surface area contributed by atoms with Gasteiger partial charge >= 0.3 is 6.18 Å². The molecule has 9 heteroatoms. The van der Waals surface area contributed by atoms with Crippen LogP contribution in [0.25, 0.3) is 5.69 Å². The molecule has 1 unspecified atom stereocenters. The molecule has 0 saturated heterocycles.